The molecule has 1 spiro atoms. The minimum absolute atomic E-state index is 0.00428. The van der Waals surface area contributed by atoms with Crippen molar-refractivity contribution in [3.05, 3.63) is 35.4 Å². The molecule has 11 heteroatoms. The molecule has 1 unspecified atom stereocenters. The van der Waals surface area contributed by atoms with Gasteiger partial charge in [0.15, 0.2) is 11.6 Å². The fraction of sp³-hybridized carbons (Fsp3) is 0.579. The number of methoxy groups -OCH3 is 1. The zero-order valence-electron chi connectivity index (χ0n) is 16.5. The van der Waals surface area contributed by atoms with Crippen LogP contribution in [0.4, 0.5) is 22.0 Å². The van der Waals surface area contributed by atoms with Crippen molar-refractivity contribution in [3.8, 4) is 0 Å². The summed E-state index contributed by atoms with van der Waals surface area (Å²) < 4.78 is 63.3. The molecule has 30 heavy (non-hydrogen) atoms. The van der Waals surface area contributed by atoms with Gasteiger partial charge in [-0.1, -0.05) is 0 Å². The zero-order chi connectivity index (χ0) is 22.7. The summed E-state index contributed by atoms with van der Waals surface area (Å²) >= 11 is 0. The number of carbonyl (C=O) groups excluding carboxylic acids is 1. The van der Waals surface area contributed by atoms with Crippen molar-refractivity contribution < 1.29 is 41.4 Å². The Hall–Kier alpha value is -2.27. The molecule has 0 bridgehead atoms. The molecular formula is C19H23F5N2O4. The standard InChI is InChI=1S/C17H22F2N2O2.C2HF3O2/c1-20-6-5-12(9-23-2)8-17(20)10-21(11-17)16(22)13-3-4-14(18)15(19)7-13;3-2(4,5)1(6)7/h3-4,7,12H,5-6,8-11H2,1-2H3;(H,6,7). The van der Waals surface area contributed by atoms with E-state index in [4.69, 9.17) is 14.6 Å². The molecule has 2 fully saturated rings. The van der Waals surface area contributed by atoms with Crippen LogP contribution in [0.25, 0.3) is 0 Å². The van der Waals surface area contributed by atoms with Crippen molar-refractivity contribution in [1.29, 1.82) is 0 Å². The fourth-order valence-corrected chi connectivity index (χ4v) is 3.78. The number of hydrogen-bond acceptors (Lipinski definition) is 4. The number of likely N-dealkylation sites (tertiary alicyclic amines) is 2. The van der Waals surface area contributed by atoms with Crippen LogP contribution in [0.5, 0.6) is 0 Å². The van der Waals surface area contributed by atoms with Gasteiger partial charge in [0.05, 0.1) is 5.54 Å². The van der Waals surface area contributed by atoms with Crippen LogP contribution in [0, 0.1) is 17.6 Å². The highest BCUT2D eigenvalue weighted by Crippen LogP contribution is 2.38. The monoisotopic (exact) mass is 438 g/mol. The molecule has 0 aliphatic carbocycles. The summed E-state index contributed by atoms with van der Waals surface area (Å²) in [7, 11) is 3.80. The summed E-state index contributed by atoms with van der Waals surface area (Å²) in [6, 6.07) is 3.31. The van der Waals surface area contributed by atoms with Crippen LogP contribution < -0.4 is 0 Å². The maximum Gasteiger partial charge on any atom is 0.490 e. The highest BCUT2D eigenvalue weighted by molar-refractivity contribution is 5.95. The molecule has 0 radical (unpaired) electrons. The lowest BCUT2D eigenvalue weighted by molar-refractivity contribution is -0.192. The number of piperidine rings is 1. The number of likely N-dealkylation sites (N-methyl/N-ethyl adjacent to an activating group) is 1. The molecule has 2 aliphatic heterocycles. The molecule has 2 saturated heterocycles. The van der Waals surface area contributed by atoms with Gasteiger partial charge in [-0.2, -0.15) is 13.2 Å². The first-order valence-corrected chi connectivity index (χ1v) is 9.14. The van der Waals surface area contributed by atoms with Crippen LogP contribution in [0.2, 0.25) is 0 Å². The van der Waals surface area contributed by atoms with E-state index in [0.717, 1.165) is 38.1 Å². The van der Waals surface area contributed by atoms with Crippen LogP contribution >= 0.6 is 0 Å². The van der Waals surface area contributed by atoms with E-state index in [-0.39, 0.29) is 17.0 Å². The first-order valence-electron chi connectivity index (χ1n) is 9.14. The summed E-state index contributed by atoms with van der Waals surface area (Å²) in [6.45, 7) is 2.98. The van der Waals surface area contributed by atoms with Crippen molar-refractivity contribution in [3.63, 3.8) is 0 Å². The van der Waals surface area contributed by atoms with Gasteiger partial charge in [-0.15, -0.1) is 0 Å². The lowest BCUT2D eigenvalue weighted by Gasteiger charge is -2.58. The molecule has 1 aromatic rings. The minimum atomic E-state index is -5.08. The predicted molar refractivity (Wildman–Crippen MR) is 95.9 cm³/mol. The third kappa shape index (κ3) is 5.45. The van der Waals surface area contributed by atoms with E-state index in [1.54, 1.807) is 12.0 Å². The number of carboxylic acids is 1. The first kappa shape index (κ1) is 24.0. The number of alkyl halides is 3. The number of benzene rings is 1. The number of halogens is 5. The summed E-state index contributed by atoms with van der Waals surface area (Å²) in [5.74, 6) is -4.40. The van der Waals surface area contributed by atoms with E-state index in [1.165, 1.54) is 6.07 Å². The van der Waals surface area contributed by atoms with Crippen LogP contribution in [0.15, 0.2) is 18.2 Å². The molecule has 6 nitrogen and oxygen atoms in total. The van der Waals surface area contributed by atoms with Crippen LogP contribution in [0.3, 0.4) is 0 Å². The van der Waals surface area contributed by atoms with Gasteiger partial charge in [0, 0.05) is 32.4 Å². The van der Waals surface area contributed by atoms with Gasteiger partial charge < -0.3 is 14.7 Å². The van der Waals surface area contributed by atoms with Crippen molar-refractivity contribution in [2.75, 3.05) is 40.4 Å². The Labute approximate surface area is 170 Å². The smallest absolute Gasteiger partial charge is 0.475 e. The summed E-state index contributed by atoms with van der Waals surface area (Å²) in [4.78, 5) is 25.3. The largest absolute Gasteiger partial charge is 0.490 e. The molecule has 1 aromatic carbocycles. The first-order chi connectivity index (χ1) is 13.9. The normalized spacial score (nSPS) is 20.9. The quantitative estimate of drug-likeness (QED) is 0.736. The van der Waals surface area contributed by atoms with E-state index in [1.807, 2.05) is 0 Å². The Morgan fingerprint density at radius 2 is 1.83 bits per heavy atom. The maximum atomic E-state index is 13.3. The lowest BCUT2D eigenvalue weighted by atomic mass is 9.75. The number of rotatable bonds is 3. The van der Waals surface area contributed by atoms with Crippen molar-refractivity contribution in [2.45, 2.75) is 24.6 Å². The van der Waals surface area contributed by atoms with Gasteiger partial charge in [0.1, 0.15) is 0 Å². The molecular weight excluding hydrogens is 415 g/mol. The van der Waals surface area contributed by atoms with Crippen LogP contribution in [0.1, 0.15) is 23.2 Å². The number of nitrogens with zero attached hydrogens (tertiary/aromatic N) is 2. The van der Waals surface area contributed by atoms with Crippen molar-refractivity contribution in [1.82, 2.24) is 9.80 Å². The number of aliphatic carboxylic acids is 1. The second-order valence-corrected chi connectivity index (χ2v) is 7.55. The van der Waals surface area contributed by atoms with Crippen LogP contribution in [-0.4, -0.2) is 78.9 Å². The number of ether oxygens (including phenoxy) is 1. The number of amides is 1. The molecule has 0 aromatic heterocycles. The summed E-state index contributed by atoms with van der Waals surface area (Å²) in [5.41, 5.74) is 0.195. The molecule has 1 N–H and O–H groups in total. The Bertz CT molecular complexity index is 781. The summed E-state index contributed by atoms with van der Waals surface area (Å²) in [6.07, 6.45) is -2.98. The predicted octanol–water partition coefficient (Wildman–Crippen LogP) is 2.78. The zero-order valence-corrected chi connectivity index (χ0v) is 16.5. The van der Waals surface area contributed by atoms with Gasteiger partial charge in [-0.3, -0.25) is 9.69 Å². The summed E-state index contributed by atoms with van der Waals surface area (Å²) in [5, 5.41) is 7.12. The maximum absolute atomic E-state index is 13.3. The minimum Gasteiger partial charge on any atom is -0.475 e. The third-order valence-electron chi connectivity index (χ3n) is 5.42. The van der Waals surface area contributed by atoms with E-state index in [2.05, 4.69) is 11.9 Å². The van der Waals surface area contributed by atoms with Gasteiger partial charge in [0.25, 0.3) is 5.91 Å². The average Bonchev–Trinajstić information content (AvgIpc) is 2.63. The molecule has 1 amide bonds. The van der Waals surface area contributed by atoms with E-state index in [9.17, 15) is 26.7 Å². The molecule has 2 aliphatic rings. The van der Waals surface area contributed by atoms with Crippen molar-refractivity contribution in [2.24, 2.45) is 5.92 Å². The number of carbonyl (C=O) groups is 2. The average molecular weight is 438 g/mol. The van der Waals surface area contributed by atoms with Gasteiger partial charge >= 0.3 is 12.1 Å². The molecule has 2 heterocycles. The highest BCUT2D eigenvalue weighted by Gasteiger charge is 2.51. The number of hydrogen-bond donors (Lipinski definition) is 1. The third-order valence-corrected chi connectivity index (χ3v) is 5.42. The van der Waals surface area contributed by atoms with Gasteiger partial charge in [-0.25, -0.2) is 13.6 Å². The Morgan fingerprint density at radius 3 is 2.33 bits per heavy atom. The number of carboxylic acid groups (broad SMARTS) is 1. The Balaban J connectivity index is 0.000000396. The van der Waals surface area contributed by atoms with Gasteiger partial charge in [0.2, 0.25) is 0 Å². The molecule has 1 atom stereocenters. The van der Waals surface area contributed by atoms with Crippen LogP contribution in [-0.2, 0) is 9.53 Å². The van der Waals surface area contributed by atoms with E-state index >= 15 is 0 Å². The molecule has 0 saturated carbocycles. The second kappa shape index (κ2) is 9.25. The van der Waals surface area contributed by atoms with Crippen molar-refractivity contribution >= 4 is 11.9 Å². The topological polar surface area (TPSA) is 70.1 Å². The lowest BCUT2D eigenvalue weighted by Crippen LogP contribution is -2.72. The SMILES string of the molecule is COCC1CCN(C)C2(C1)CN(C(=O)c1ccc(F)c(F)c1)C2.O=C(O)C(F)(F)F. The highest BCUT2D eigenvalue weighted by atomic mass is 19.4. The van der Waals surface area contributed by atoms with E-state index in [0.29, 0.717) is 19.0 Å². The second-order valence-electron chi connectivity index (χ2n) is 7.55. The molecule has 3 rings (SSSR count). The molecule has 168 valence electrons. The Kier molecular flexibility index (Phi) is 7.40. The van der Waals surface area contributed by atoms with Gasteiger partial charge in [-0.05, 0) is 50.6 Å². The fourth-order valence-electron chi connectivity index (χ4n) is 3.78. The van der Waals surface area contributed by atoms with E-state index < -0.39 is 23.8 Å². The Morgan fingerprint density at radius 1 is 1.23 bits per heavy atom.